The van der Waals surface area contributed by atoms with Crippen LogP contribution in [0.4, 0.5) is 10.2 Å². The van der Waals surface area contributed by atoms with E-state index in [1.807, 2.05) is 0 Å². The summed E-state index contributed by atoms with van der Waals surface area (Å²) in [6.45, 7) is 1.33. The molecule has 1 aliphatic rings. The SMILES string of the molecule is Cl.O=C(CC1CCCN1)Nc1ccnn1Cc1ccc(Cl)c(F)c1. The molecule has 8 heteroatoms. The lowest BCUT2D eigenvalue weighted by Gasteiger charge is -2.12. The third kappa shape index (κ3) is 4.69. The van der Waals surface area contributed by atoms with E-state index in [2.05, 4.69) is 15.7 Å². The molecule has 1 unspecified atom stereocenters. The van der Waals surface area contributed by atoms with E-state index >= 15 is 0 Å². The van der Waals surface area contributed by atoms with Gasteiger partial charge in [0.2, 0.25) is 5.91 Å². The van der Waals surface area contributed by atoms with Crippen molar-refractivity contribution >= 4 is 35.7 Å². The first-order chi connectivity index (χ1) is 11.1. The number of anilines is 1. The molecule has 1 saturated heterocycles. The number of carbonyl (C=O) groups excluding carboxylic acids is 1. The fraction of sp³-hybridized carbons (Fsp3) is 0.375. The molecular weight excluding hydrogens is 354 g/mol. The molecule has 1 atom stereocenters. The molecule has 0 radical (unpaired) electrons. The third-order valence-corrected chi connectivity index (χ3v) is 4.20. The average molecular weight is 373 g/mol. The number of nitrogens with zero attached hydrogens (tertiary/aromatic N) is 2. The highest BCUT2D eigenvalue weighted by Crippen LogP contribution is 2.18. The van der Waals surface area contributed by atoms with E-state index in [0.29, 0.717) is 18.8 Å². The molecule has 1 aliphatic heterocycles. The lowest BCUT2D eigenvalue weighted by atomic mass is 10.1. The van der Waals surface area contributed by atoms with Gasteiger partial charge in [-0.3, -0.25) is 4.79 Å². The second-order valence-corrected chi connectivity index (χ2v) is 6.08. The molecule has 1 aromatic heterocycles. The maximum absolute atomic E-state index is 13.5. The minimum Gasteiger partial charge on any atom is -0.313 e. The van der Waals surface area contributed by atoms with Gasteiger partial charge in [-0.25, -0.2) is 9.07 Å². The van der Waals surface area contributed by atoms with Crippen LogP contribution in [0.3, 0.4) is 0 Å². The zero-order chi connectivity index (χ0) is 16.2. The minimum absolute atomic E-state index is 0. The normalized spacial score (nSPS) is 16.7. The van der Waals surface area contributed by atoms with Gasteiger partial charge in [-0.1, -0.05) is 17.7 Å². The Balaban J connectivity index is 0.00000208. The Morgan fingerprint density at radius 3 is 3.00 bits per heavy atom. The van der Waals surface area contributed by atoms with E-state index in [1.54, 1.807) is 23.0 Å². The molecule has 1 fully saturated rings. The highest BCUT2D eigenvalue weighted by atomic mass is 35.5. The summed E-state index contributed by atoms with van der Waals surface area (Å²) in [4.78, 5) is 12.1. The van der Waals surface area contributed by atoms with Crippen molar-refractivity contribution in [3.05, 3.63) is 46.9 Å². The monoisotopic (exact) mass is 372 g/mol. The van der Waals surface area contributed by atoms with Gasteiger partial charge in [-0.2, -0.15) is 5.10 Å². The molecule has 3 rings (SSSR count). The third-order valence-electron chi connectivity index (χ3n) is 3.89. The summed E-state index contributed by atoms with van der Waals surface area (Å²) in [5, 5.41) is 10.4. The summed E-state index contributed by atoms with van der Waals surface area (Å²) in [6.07, 6.45) is 4.19. The largest absolute Gasteiger partial charge is 0.313 e. The number of nitrogens with one attached hydrogen (secondary N) is 2. The van der Waals surface area contributed by atoms with Gasteiger partial charge in [0.05, 0.1) is 17.8 Å². The van der Waals surface area contributed by atoms with Gasteiger partial charge in [-0.05, 0) is 37.1 Å². The molecule has 2 heterocycles. The van der Waals surface area contributed by atoms with Crippen LogP contribution in [0, 0.1) is 5.82 Å². The van der Waals surface area contributed by atoms with Crippen LogP contribution in [0.1, 0.15) is 24.8 Å². The summed E-state index contributed by atoms with van der Waals surface area (Å²) < 4.78 is 15.1. The van der Waals surface area contributed by atoms with E-state index < -0.39 is 5.82 Å². The molecule has 2 N–H and O–H groups in total. The van der Waals surface area contributed by atoms with Crippen molar-refractivity contribution in [1.82, 2.24) is 15.1 Å². The van der Waals surface area contributed by atoms with Crippen LogP contribution in [-0.4, -0.2) is 28.3 Å². The highest BCUT2D eigenvalue weighted by molar-refractivity contribution is 6.30. The Morgan fingerprint density at radius 1 is 1.46 bits per heavy atom. The maximum atomic E-state index is 13.5. The number of amides is 1. The van der Waals surface area contributed by atoms with Crippen molar-refractivity contribution in [2.75, 3.05) is 11.9 Å². The average Bonchev–Trinajstić information content (AvgIpc) is 3.16. The van der Waals surface area contributed by atoms with Crippen LogP contribution in [-0.2, 0) is 11.3 Å². The van der Waals surface area contributed by atoms with Crippen LogP contribution in [0.15, 0.2) is 30.5 Å². The standard InChI is InChI=1S/C16H18ClFN4O.ClH/c17-13-4-3-11(8-14(13)18)10-22-15(5-7-20-22)21-16(23)9-12-2-1-6-19-12;/h3-5,7-8,12,19H,1-2,6,9-10H2,(H,21,23);1H. The summed E-state index contributed by atoms with van der Waals surface area (Å²) in [7, 11) is 0. The predicted octanol–water partition coefficient (Wildman–Crippen LogP) is 3.23. The van der Waals surface area contributed by atoms with Crippen molar-refractivity contribution in [3.63, 3.8) is 0 Å². The minimum atomic E-state index is -0.464. The molecule has 0 aliphatic carbocycles. The van der Waals surface area contributed by atoms with Crippen molar-refractivity contribution < 1.29 is 9.18 Å². The van der Waals surface area contributed by atoms with Gasteiger partial charge in [0.1, 0.15) is 11.6 Å². The molecule has 0 saturated carbocycles. The fourth-order valence-electron chi connectivity index (χ4n) is 2.72. The highest BCUT2D eigenvalue weighted by Gasteiger charge is 2.18. The second kappa shape index (κ2) is 8.46. The summed E-state index contributed by atoms with van der Waals surface area (Å²) >= 11 is 5.68. The van der Waals surface area contributed by atoms with Gasteiger partial charge in [0, 0.05) is 18.5 Å². The first-order valence-corrected chi connectivity index (χ1v) is 7.98. The van der Waals surface area contributed by atoms with Gasteiger partial charge in [0.25, 0.3) is 0 Å². The molecule has 24 heavy (non-hydrogen) atoms. The predicted molar refractivity (Wildman–Crippen MR) is 94.3 cm³/mol. The van der Waals surface area contributed by atoms with Crippen molar-refractivity contribution in [1.29, 1.82) is 0 Å². The molecule has 1 aromatic carbocycles. The van der Waals surface area contributed by atoms with Crippen molar-refractivity contribution in [3.8, 4) is 0 Å². The van der Waals surface area contributed by atoms with Crippen molar-refractivity contribution in [2.24, 2.45) is 0 Å². The van der Waals surface area contributed by atoms with Gasteiger partial charge >= 0.3 is 0 Å². The number of aromatic nitrogens is 2. The Labute approximate surface area is 151 Å². The quantitative estimate of drug-likeness (QED) is 0.846. The lowest BCUT2D eigenvalue weighted by Crippen LogP contribution is -2.28. The molecule has 2 aromatic rings. The number of rotatable bonds is 5. The smallest absolute Gasteiger partial charge is 0.227 e. The topological polar surface area (TPSA) is 59.0 Å². The number of benzene rings is 1. The number of carbonyl (C=O) groups is 1. The van der Waals surface area contributed by atoms with Crippen LogP contribution < -0.4 is 10.6 Å². The van der Waals surface area contributed by atoms with E-state index in [9.17, 15) is 9.18 Å². The first kappa shape index (κ1) is 18.7. The van der Waals surface area contributed by atoms with Crippen molar-refractivity contribution in [2.45, 2.75) is 31.8 Å². The van der Waals surface area contributed by atoms with Crippen LogP contribution in [0.5, 0.6) is 0 Å². The Morgan fingerprint density at radius 2 is 2.29 bits per heavy atom. The molecule has 5 nitrogen and oxygen atoms in total. The Hall–Kier alpha value is -1.63. The molecule has 130 valence electrons. The van der Waals surface area contributed by atoms with E-state index in [1.165, 1.54) is 12.1 Å². The van der Waals surface area contributed by atoms with Gasteiger partial charge in [-0.15, -0.1) is 12.4 Å². The molecule has 1 amide bonds. The van der Waals surface area contributed by atoms with Gasteiger partial charge in [0.15, 0.2) is 0 Å². The first-order valence-electron chi connectivity index (χ1n) is 7.61. The lowest BCUT2D eigenvalue weighted by molar-refractivity contribution is -0.116. The molecule has 0 spiro atoms. The van der Waals surface area contributed by atoms with Crippen LogP contribution in [0.2, 0.25) is 5.02 Å². The van der Waals surface area contributed by atoms with E-state index in [0.717, 1.165) is 24.9 Å². The maximum Gasteiger partial charge on any atom is 0.227 e. The zero-order valence-electron chi connectivity index (χ0n) is 13.0. The fourth-order valence-corrected chi connectivity index (χ4v) is 2.84. The van der Waals surface area contributed by atoms with Crippen LogP contribution in [0.25, 0.3) is 0 Å². The van der Waals surface area contributed by atoms with Crippen LogP contribution >= 0.6 is 24.0 Å². The number of halogens is 3. The second-order valence-electron chi connectivity index (χ2n) is 5.67. The molecule has 0 bridgehead atoms. The zero-order valence-corrected chi connectivity index (χ0v) is 14.5. The van der Waals surface area contributed by atoms with E-state index in [-0.39, 0.29) is 29.4 Å². The summed E-state index contributed by atoms with van der Waals surface area (Å²) in [5.74, 6) is 0.0889. The summed E-state index contributed by atoms with van der Waals surface area (Å²) in [5.41, 5.74) is 0.726. The number of hydrogen-bond donors (Lipinski definition) is 2. The van der Waals surface area contributed by atoms with E-state index in [4.69, 9.17) is 11.6 Å². The Bertz CT molecular complexity index is 701. The Kier molecular flexibility index (Phi) is 6.60. The van der Waals surface area contributed by atoms with Gasteiger partial charge < -0.3 is 10.6 Å². The number of hydrogen-bond acceptors (Lipinski definition) is 3. The molecular formula is C16H19Cl2FN4O. The summed E-state index contributed by atoms with van der Waals surface area (Å²) in [6, 6.07) is 6.60.